The zero-order valence-electron chi connectivity index (χ0n) is 17.8. The number of non-ortho nitro benzene ring substituents is 1. The molecule has 2 atom stereocenters. The van der Waals surface area contributed by atoms with Gasteiger partial charge in [0.2, 0.25) is 5.91 Å². The number of benzene rings is 1. The number of nitro groups is 1. The summed E-state index contributed by atoms with van der Waals surface area (Å²) in [5, 5.41) is 11.1. The number of ether oxygens (including phenoxy) is 2. The van der Waals surface area contributed by atoms with E-state index in [0.29, 0.717) is 17.9 Å². The number of nitrogens with zero attached hydrogens (tertiary/aromatic N) is 3. The molecule has 0 saturated carbocycles. The number of likely N-dealkylation sites (N-methyl/N-ethyl adjacent to an activating group) is 2. The largest absolute Gasteiger partial charge is 0.488 e. The summed E-state index contributed by atoms with van der Waals surface area (Å²) in [7, 11) is 3.32. The van der Waals surface area contributed by atoms with Crippen molar-refractivity contribution in [1.29, 1.82) is 0 Å². The Balaban J connectivity index is 2.31. The summed E-state index contributed by atoms with van der Waals surface area (Å²) in [6, 6.07) is 4.23. The van der Waals surface area contributed by atoms with Crippen LogP contribution >= 0.6 is 0 Å². The molecule has 160 valence electrons. The van der Waals surface area contributed by atoms with Gasteiger partial charge in [0, 0.05) is 44.3 Å². The molecule has 9 nitrogen and oxygen atoms in total. The first-order valence-corrected chi connectivity index (χ1v) is 9.49. The summed E-state index contributed by atoms with van der Waals surface area (Å²) in [5.74, 6) is 0.173. The van der Waals surface area contributed by atoms with Gasteiger partial charge in [-0.05, 0) is 26.8 Å². The van der Waals surface area contributed by atoms with E-state index in [2.05, 4.69) is 0 Å². The first-order valence-electron chi connectivity index (χ1n) is 9.49. The van der Waals surface area contributed by atoms with Gasteiger partial charge in [-0.25, -0.2) is 4.79 Å². The van der Waals surface area contributed by atoms with Crippen molar-refractivity contribution in [3.8, 4) is 5.75 Å². The van der Waals surface area contributed by atoms with Crippen molar-refractivity contribution in [1.82, 2.24) is 9.80 Å². The van der Waals surface area contributed by atoms with Gasteiger partial charge in [-0.15, -0.1) is 0 Å². The Kier molecular flexibility index (Phi) is 6.71. The molecular formula is C20H29N3O6. The fraction of sp³-hybridized carbons (Fsp3) is 0.600. The van der Waals surface area contributed by atoms with Crippen LogP contribution in [-0.4, -0.2) is 65.6 Å². The number of hydrogen-bond donors (Lipinski definition) is 0. The topological polar surface area (TPSA) is 102 Å². The fourth-order valence-electron chi connectivity index (χ4n) is 3.06. The van der Waals surface area contributed by atoms with Gasteiger partial charge in [-0.2, -0.15) is 0 Å². The minimum Gasteiger partial charge on any atom is -0.488 e. The van der Waals surface area contributed by atoms with Crippen molar-refractivity contribution in [3.63, 3.8) is 0 Å². The Morgan fingerprint density at radius 1 is 1.41 bits per heavy atom. The minimum atomic E-state index is -0.617. The van der Waals surface area contributed by atoms with Crippen LogP contribution in [0.25, 0.3) is 0 Å². The van der Waals surface area contributed by atoms with Crippen LogP contribution in [0.3, 0.4) is 0 Å². The molecular weight excluding hydrogens is 378 g/mol. The maximum absolute atomic E-state index is 12.5. The van der Waals surface area contributed by atoms with E-state index in [0.717, 1.165) is 0 Å². The molecule has 9 heteroatoms. The molecule has 1 aromatic carbocycles. The molecule has 1 aliphatic rings. The first kappa shape index (κ1) is 22.4. The predicted molar refractivity (Wildman–Crippen MR) is 107 cm³/mol. The second-order valence-corrected chi connectivity index (χ2v) is 8.49. The van der Waals surface area contributed by atoms with E-state index >= 15 is 0 Å². The Morgan fingerprint density at radius 2 is 2.07 bits per heavy atom. The Labute approximate surface area is 170 Å². The second kappa shape index (κ2) is 8.67. The summed E-state index contributed by atoms with van der Waals surface area (Å²) >= 11 is 0. The Bertz CT molecular complexity index is 789. The lowest BCUT2D eigenvalue weighted by Crippen LogP contribution is -2.45. The number of hydrogen-bond acceptors (Lipinski definition) is 6. The van der Waals surface area contributed by atoms with Gasteiger partial charge < -0.3 is 19.3 Å². The quantitative estimate of drug-likeness (QED) is 0.564. The van der Waals surface area contributed by atoms with Crippen LogP contribution in [0.1, 0.15) is 33.3 Å². The lowest BCUT2D eigenvalue weighted by molar-refractivity contribution is -0.384. The van der Waals surface area contributed by atoms with Gasteiger partial charge >= 0.3 is 6.09 Å². The molecule has 0 radical (unpaired) electrons. The molecule has 0 fully saturated rings. The number of carbonyl (C=O) groups is 2. The Hall–Kier alpha value is -2.84. The molecule has 1 heterocycles. The number of amides is 2. The molecule has 1 aliphatic heterocycles. The van der Waals surface area contributed by atoms with Crippen LogP contribution in [-0.2, 0) is 16.0 Å². The van der Waals surface area contributed by atoms with Crippen molar-refractivity contribution in [2.75, 3.05) is 27.2 Å². The zero-order valence-corrected chi connectivity index (χ0v) is 17.8. The number of nitro benzene ring substituents is 1. The molecule has 0 bridgehead atoms. The van der Waals surface area contributed by atoms with E-state index in [1.165, 1.54) is 23.1 Å². The number of fused-ring (bicyclic) bond motifs is 1. The molecule has 2 rings (SSSR count). The van der Waals surface area contributed by atoms with Crippen molar-refractivity contribution >= 4 is 17.7 Å². The van der Waals surface area contributed by atoms with Gasteiger partial charge in [0.15, 0.2) is 0 Å². The lowest BCUT2D eigenvalue weighted by atomic mass is 10.0. The molecule has 2 amide bonds. The normalized spacial score (nSPS) is 19.9. The summed E-state index contributed by atoms with van der Waals surface area (Å²) in [4.78, 5) is 38.5. The van der Waals surface area contributed by atoms with Gasteiger partial charge in [0.1, 0.15) is 17.5 Å². The maximum atomic E-state index is 12.5. The van der Waals surface area contributed by atoms with Crippen molar-refractivity contribution in [3.05, 3.63) is 33.9 Å². The minimum absolute atomic E-state index is 0.00879. The summed E-state index contributed by atoms with van der Waals surface area (Å²) in [6.45, 7) is 7.99. The number of rotatable bonds is 3. The van der Waals surface area contributed by atoms with Gasteiger partial charge in [-0.3, -0.25) is 14.9 Å². The zero-order chi connectivity index (χ0) is 21.9. The molecule has 0 unspecified atom stereocenters. The van der Waals surface area contributed by atoms with Crippen molar-refractivity contribution in [2.45, 2.75) is 45.8 Å². The summed E-state index contributed by atoms with van der Waals surface area (Å²) < 4.78 is 11.6. The highest BCUT2D eigenvalue weighted by molar-refractivity contribution is 5.79. The van der Waals surface area contributed by atoms with E-state index in [1.54, 1.807) is 39.8 Å². The molecule has 0 N–H and O–H groups in total. The maximum Gasteiger partial charge on any atom is 0.410 e. The third kappa shape index (κ3) is 6.07. The summed E-state index contributed by atoms with van der Waals surface area (Å²) in [6.07, 6.45) is -0.892. The average Bonchev–Trinajstić information content (AvgIpc) is 2.63. The standard InChI is InChI=1S/C20H29N3O6/c1-13-11-21(5)18(24)10-14-9-15(23(26)27)7-8-16(14)28-17(13)12-22(6)19(25)29-20(2,3)4/h7-9,13,17H,10-12H2,1-6H3/t13-,17-/m0/s1. The molecule has 29 heavy (non-hydrogen) atoms. The number of carbonyl (C=O) groups excluding carboxylic acids is 2. The molecule has 0 saturated heterocycles. The van der Waals surface area contributed by atoms with Crippen LogP contribution in [0.4, 0.5) is 10.5 Å². The van der Waals surface area contributed by atoms with E-state index < -0.39 is 22.7 Å². The van der Waals surface area contributed by atoms with E-state index in [4.69, 9.17) is 9.47 Å². The first-order chi connectivity index (χ1) is 13.4. The molecule has 0 spiro atoms. The molecule has 0 aromatic heterocycles. The van der Waals surface area contributed by atoms with Crippen molar-refractivity contribution < 1.29 is 24.0 Å². The third-order valence-electron chi connectivity index (χ3n) is 4.66. The van der Waals surface area contributed by atoms with E-state index in [1.807, 2.05) is 6.92 Å². The van der Waals surface area contributed by atoms with Crippen LogP contribution in [0, 0.1) is 16.0 Å². The highest BCUT2D eigenvalue weighted by Gasteiger charge is 2.30. The van der Waals surface area contributed by atoms with Crippen LogP contribution in [0.5, 0.6) is 5.75 Å². The highest BCUT2D eigenvalue weighted by atomic mass is 16.6. The van der Waals surface area contributed by atoms with Gasteiger partial charge in [-0.1, -0.05) is 6.92 Å². The van der Waals surface area contributed by atoms with Gasteiger partial charge in [0.05, 0.1) is 17.9 Å². The van der Waals surface area contributed by atoms with E-state index in [9.17, 15) is 19.7 Å². The third-order valence-corrected chi connectivity index (χ3v) is 4.66. The fourth-order valence-corrected chi connectivity index (χ4v) is 3.06. The monoisotopic (exact) mass is 407 g/mol. The van der Waals surface area contributed by atoms with E-state index in [-0.39, 0.29) is 30.5 Å². The van der Waals surface area contributed by atoms with Crippen LogP contribution in [0.15, 0.2) is 18.2 Å². The SMILES string of the molecule is C[C@H]1CN(C)C(=O)Cc2cc([N+](=O)[O-])ccc2O[C@H]1CN(C)C(=O)OC(C)(C)C. The average molecular weight is 407 g/mol. The second-order valence-electron chi connectivity index (χ2n) is 8.49. The smallest absolute Gasteiger partial charge is 0.410 e. The molecule has 0 aliphatic carbocycles. The van der Waals surface area contributed by atoms with Crippen molar-refractivity contribution in [2.24, 2.45) is 5.92 Å². The highest BCUT2D eigenvalue weighted by Crippen LogP contribution is 2.29. The summed E-state index contributed by atoms with van der Waals surface area (Å²) in [5.41, 5.74) is -0.262. The van der Waals surface area contributed by atoms with Crippen LogP contribution < -0.4 is 4.74 Å². The van der Waals surface area contributed by atoms with Crippen LogP contribution in [0.2, 0.25) is 0 Å². The Morgan fingerprint density at radius 3 is 2.66 bits per heavy atom. The predicted octanol–water partition coefficient (Wildman–Crippen LogP) is 2.86. The van der Waals surface area contributed by atoms with Gasteiger partial charge in [0.25, 0.3) is 5.69 Å². The lowest BCUT2D eigenvalue weighted by Gasteiger charge is -2.31. The molecule has 1 aromatic rings.